The van der Waals surface area contributed by atoms with E-state index in [0.29, 0.717) is 28.0 Å². The summed E-state index contributed by atoms with van der Waals surface area (Å²) in [6, 6.07) is 17.6. The third-order valence-electron chi connectivity index (χ3n) is 4.98. The second-order valence-electron chi connectivity index (χ2n) is 6.74. The summed E-state index contributed by atoms with van der Waals surface area (Å²) >= 11 is 5.94. The van der Waals surface area contributed by atoms with E-state index in [-0.39, 0.29) is 11.7 Å². The molecule has 1 amide bonds. The average molecular weight is 428 g/mol. The summed E-state index contributed by atoms with van der Waals surface area (Å²) in [6.45, 7) is 0. The van der Waals surface area contributed by atoms with Gasteiger partial charge in [0.05, 0.1) is 14.2 Å². The second-order valence-corrected chi connectivity index (χ2v) is 7.17. The molecule has 0 aliphatic carbocycles. The Morgan fingerprint density at radius 2 is 1.57 bits per heavy atom. The normalized spacial score (nSPS) is 18.0. The molecule has 1 fully saturated rings. The third kappa shape index (κ3) is 3.66. The number of ether oxygens (including phenoxy) is 3. The number of carbonyl (C=O) groups is 1. The van der Waals surface area contributed by atoms with Gasteiger partial charge in [-0.25, -0.2) is 4.39 Å². The lowest BCUT2D eigenvalue weighted by molar-refractivity contribution is -0.135. The zero-order valence-corrected chi connectivity index (χ0v) is 17.1. The van der Waals surface area contributed by atoms with Crippen molar-refractivity contribution in [2.75, 3.05) is 19.1 Å². The van der Waals surface area contributed by atoms with Gasteiger partial charge in [0.1, 0.15) is 17.6 Å². The topological polar surface area (TPSA) is 48.0 Å². The zero-order chi connectivity index (χ0) is 21.3. The maximum absolute atomic E-state index is 13.4. The summed E-state index contributed by atoms with van der Waals surface area (Å²) in [4.78, 5) is 14.6. The van der Waals surface area contributed by atoms with Crippen molar-refractivity contribution in [2.24, 2.45) is 0 Å². The van der Waals surface area contributed by atoms with E-state index in [4.69, 9.17) is 25.8 Å². The molecule has 2 unspecified atom stereocenters. The molecule has 5 nitrogen and oxygen atoms in total. The Balaban J connectivity index is 1.71. The molecule has 0 bridgehead atoms. The Hall–Kier alpha value is -3.25. The molecule has 1 aliphatic rings. The van der Waals surface area contributed by atoms with Gasteiger partial charge in [-0.2, -0.15) is 0 Å². The Morgan fingerprint density at radius 1 is 0.900 bits per heavy atom. The summed E-state index contributed by atoms with van der Waals surface area (Å²) in [7, 11) is 3.11. The highest BCUT2D eigenvalue weighted by Gasteiger charge is 2.51. The fraction of sp³-hybridized carbons (Fsp3) is 0.174. The zero-order valence-electron chi connectivity index (χ0n) is 16.3. The molecule has 0 N–H and O–H groups in total. The highest BCUT2D eigenvalue weighted by molar-refractivity contribution is 6.30. The first-order valence-corrected chi connectivity index (χ1v) is 9.62. The van der Waals surface area contributed by atoms with Gasteiger partial charge in [0.2, 0.25) is 6.10 Å². The minimum absolute atomic E-state index is 0.226. The molecular formula is C23H19ClFNO4. The Morgan fingerprint density at radius 3 is 2.20 bits per heavy atom. The van der Waals surface area contributed by atoms with Crippen molar-refractivity contribution in [3.05, 3.63) is 83.1 Å². The molecule has 1 heterocycles. The van der Waals surface area contributed by atoms with E-state index >= 15 is 0 Å². The minimum atomic E-state index is -0.755. The van der Waals surface area contributed by atoms with E-state index < -0.39 is 12.1 Å². The maximum atomic E-state index is 13.4. The Labute approximate surface area is 178 Å². The molecule has 1 aliphatic heterocycles. The molecule has 7 heteroatoms. The van der Waals surface area contributed by atoms with Crippen molar-refractivity contribution in [1.29, 1.82) is 0 Å². The smallest absolute Gasteiger partial charge is 0.271 e. The number of methoxy groups -OCH3 is 2. The predicted molar refractivity (Wildman–Crippen MR) is 112 cm³/mol. The van der Waals surface area contributed by atoms with E-state index in [1.54, 1.807) is 61.6 Å². The number of hydrogen-bond acceptors (Lipinski definition) is 4. The molecule has 30 heavy (non-hydrogen) atoms. The highest BCUT2D eigenvalue weighted by Crippen LogP contribution is 2.43. The van der Waals surface area contributed by atoms with Crippen LogP contribution in [0.4, 0.5) is 10.1 Å². The van der Waals surface area contributed by atoms with E-state index in [2.05, 4.69) is 0 Å². The quantitative estimate of drug-likeness (QED) is 0.517. The summed E-state index contributed by atoms with van der Waals surface area (Å²) in [5, 5.41) is 0.576. The maximum Gasteiger partial charge on any atom is 0.271 e. The lowest BCUT2D eigenvalue weighted by Crippen LogP contribution is -2.61. The van der Waals surface area contributed by atoms with Crippen LogP contribution in [0.25, 0.3) is 0 Å². The van der Waals surface area contributed by atoms with Crippen LogP contribution in [0.5, 0.6) is 17.2 Å². The van der Waals surface area contributed by atoms with Gasteiger partial charge in [-0.15, -0.1) is 0 Å². The first-order chi connectivity index (χ1) is 14.5. The van der Waals surface area contributed by atoms with Crippen LogP contribution in [-0.2, 0) is 4.79 Å². The fourth-order valence-corrected chi connectivity index (χ4v) is 3.61. The number of hydrogen-bond donors (Lipinski definition) is 0. The fourth-order valence-electron chi connectivity index (χ4n) is 3.49. The SMILES string of the molecule is COc1ccc(C2C(Oc3ccc(Cl)cc3)C(=O)N2c2ccc(F)cc2)cc1OC. The number of nitrogens with zero attached hydrogens (tertiary/aromatic N) is 1. The number of amides is 1. The summed E-state index contributed by atoms with van der Waals surface area (Å²) in [5.41, 5.74) is 1.38. The second kappa shape index (κ2) is 8.24. The number of halogens is 2. The Kier molecular flexibility index (Phi) is 5.50. The largest absolute Gasteiger partial charge is 0.493 e. The summed E-state index contributed by atoms with van der Waals surface area (Å²) in [5.74, 6) is 1.05. The number of anilines is 1. The molecule has 0 radical (unpaired) electrons. The predicted octanol–water partition coefficient (Wildman–Crippen LogP) is 5.03. The minimum Gasteiger partial charge on any atom is -0.493 e. The van der Waals surface area contributed by atoms with Crippen LogP contribution >= 0.6 is 11.6 Å². The molecule has 0 aromatic heterocycles. The molecule has 3 aromatic carbocycles. The van der Waals surface area contributed by atoms with Gasteiger partial charge in [-0.3, -0.25) is 9.69 Å². The van der Waals surface area contributed by atoms with E-state index in [1.165, 1.54) is 12.1 Å². The van der Waals surface area contributed by atoms with E-state index in [9.17, 15) is 9.18 Å². The van der Waals surface area contributed by atoms with Crippen molar-refractivity contribution < 1.29 is 23.4 Å². The van der Waals surface area contributed by atoms with E-state index in [1.807, 2.05) is 12.1 Å². The highest BCUT2D eigenvalue weighted by atomic mass is 35.5. The first-order valence-electron chi connectivity index (χ1n) is 9.24. The van der Waals surface area contributed by atoms with Gasteiger partial charge >= 0.3 is 0 Å². The van der Waals surface area contributed by atoms with Crippen LogP contribution in [0.2, 0.25) is 5.02 Å². The van der Waals surface area contributed by atoms with Gasteiger partial charge < -0.3 is 14.2 Å². The van der Waals surface area contributed by atoms with Crippen LogP contribution in [0, 0.1) is 5.82 Å². The molecule has 0 saturated carbocycles. The molecule has 0 spiro atoms. The van der Waals surface area contributed by atoms with Gasteiger partial charge in [0, 0.05) is 10.7 Å². The van der Waals surface area contributed by atoms with Gasteiger partial charge in [0.15, 0.2) is 11.5 Å². The summed E-state index contributed by atoms with van der Waals surface area (Å²) in [6.07, 6.45) is -0.755. The molecule has 1 saturated heterocycles. The molecule has 4 rings (SSSR count). The number of carbonyl (C=O) groups excluding carboxylic acids is 1. The summed E-state index contributed by atoms with van der Waals surface area (Å²) < 4.78 is 30.1. The van der Waals surface area contributed by atoms with Crippen LogP contribution in [-0.4, -0.2) is 26.2 Å². The molecular weight excluding hydrogens is 409 g/mol. The molecule has 154 valence electrons. The third-order valence-corrected chi connectivity index (χ3v) is 5.23. The first kappa shape index (κ1) is 20.0. The van der Waals surface area contributed by atoms with Crippen LogP contribution < -0.4 is 19.1 Å². The van der Waals surface area contributed by atoms with Crippen LogP contribution in [0.15, 0.2) is 66.7 Å². The Bertz CT molecular complexity index is 1060. The van der Waals surface area contributed by atoms with Crippen LogP contribution in [0.3, 0.4) is 0 Å². The van der Waals surface area contributed by atoms with Gasteiger partial charge in [-0.1, -0.05) is 17.7 Å². The van der Waals surface area contributed by atoms with E-state index in [0.717, 1.165) is 5.56 Å². The molecule has 2 atom stereocenters. The monoisotopic (exact) mass is 427 g/mol. The van der Waals surface area contributed by atoms with Crippen molar-refractivity contribution in [3.63, 3.8) is 0 Å². The number of β-lactam (4-membered cyclic amide) rings is 1. The lowest BCUT2D eigenvalue weighted by atomic mass is 9.89. The van der Waals surface area contributed by atoms with Crippen molar-refractivity contribution >= 4 is 23.2 Å². The van der Waals surface area contributed by atoms with Gasteiger partial charge in [0.25, 0.3) is 5.91 Å². The number of rotatable bonds is 6. The van der Waals surface area contributed by atoms with Crippen molar-refractivity contribution in [2.45, 2.75) is 12.1 Å². The average Bonchev–Trinajstić information content (AvgIpc) is 2.77. The van der Waals surface area contributed by atoms with Crippen molar-refractivity contribution in [1.82, 2.24) is 0 Å². The van der Waals surface area contributed by atoms with Crippen LogP contribution in [0.1, 0.15) is 11.6 Å². The van der Waals surface area contributed by atoms with Crippen molar-refractivity contribution in [3.8, 4) is 17.2 Å². The van der Waals surface area contributed by atoms with Gasteiger partial charge in [-0.05, 0) is 66.2 Å². The molecule has 3 aromatic rings. The standard InChI is InChI=1S/C23H19ClFNO4/c1-28-19-12-3-14(13-20(19)29-2)21-22(30-18-10-4-15(24)5-11-18)23(27)26(21)17-8-6-16(25)7-9-17/h3-13,21-22H,1-2H3. The number of benzene rings is 3. The lowest BCUT2D eigenvalue weighted by Gasteiger charge is -2.46.